The van der Waals surface area contributed by atoms with E-state index in [1.165, 1.54) is 6.20 Å². The second-order valence-corrected chi connectivity index (χ2v) is 6.08. The molecule has 1 N–H and O–H groups in total. The fourth-order valence-corrected chi connectivity index (χ4v) is 2.97. The molecule has 3 aromatic rings. The monoisotopic (exact) mass is 373 g/mol. The first-order valence-electron chi connectivity index (χ1n) is 8.48. The van der Waals surface area contributed by atoms with Crippen molar-refractivity contribution in [3.63, 3.8) is 0 Å². The molecule has 0 saturated carbocycles. The van der Waals surface area contributed by atoms with Crippen molar-refractivity contribution in [2.24, 2.45) is 0 Å². The number of imide groups is 1. The van der Waals surface area contributed by atoms with Gasteiger partial charge in [0.05, 0.1) is 18.4 Å². The standard InChI is InChI=1S/C21H15N3O4/c1-28-16-5-2-4-14(12-16)23-19(25)13-7-9-15(10-8-13)24-20(26)17-6-3-11-22-18(17)21(24)27/h2-12H,1H3,(H,23,25). The molecule has 0 bridgehead atoms. The average molecular weight is 373 g/mol. The topological polar surface area (TPSA) is 88.6 Å². The van der Waals surface area contributed by atoms with E-state index in [-0.39, 0.29) is 17.2 Å². The Morgan fingerprint density at radius 3 is 2.50 bits per heavy atom. The zero-order valence-corrected chi connectivity index (χ0v) is 14.9. The van der Waals surface area contributed by atoms with Crippen LogP contribution in [0.2, 0.25) is 0 Å². The number of benzene rings is 2. The Balaban J connectivity index is 1.54. The quantitative estimate of drug-likeness (QED) is 0.710. The maximum Gasteiger partial charge on any atom is 0.284 e. The van der Waals surface area contributed by atoms with Gasteiger partial charge in [-0.25, -0.2) is 4.90 Å². The highest BCUT2D eigenvalue weighted by Gasteiger charge is 2.37. The summed E-state index contributed by atoms with van der Waals surface area (Å²) in [7, 11) is 1.55. The number of pyridine rings is 1. The molecule has 7 nitrogen and oxygen atoms in total. The van der Waals surface area contributed by atoms with Gasteiger partial charge < -0.3 is 10.1 Å². The van der Waals surface area contributed by atoms with E-state index in [9.17, 15) is 14.4 Å². The molecular weight excluding hydrogens is 358 g/mol. The van der Waals surface area contributed by atoms with Gasteiger partial charge in [0, 0.05) is 23.5 Å². The third kappa shape index (κ3) is 2.99. The molecule has 1 aliphatic rings. The SMILES string of the molecule is COc1cccc(NC(=O)c2ccc(N3C(=O)c4cccnc4C3=O)cc2)c1. The molecule has 0 atom stereocenters. The summed E-state index contributed by atoms with van der Waals surface area (Å²) in [6, 6.07) is 16.4. The molecule has 138 valence electrons. The number of fused-ring (bicyclic) bond motifs is 1. The second kappa shape index (κ2) is 6.96. The average Bonchev–Trinajstić information content (AvgIpc) is 2.99. The van der Waals surface area contributed by atoms with Gasteiger partial charge in [-0.2, -0.15) is 0 Å². The van der Waals surface area contributed by atoms with Crippen molar-refractivity contribution in [3.05, 3.63) is 83.7 Å². The van der Waals surface area contributed by atoms with Crippen molar-refractivity contribution in [3.8, 4) is 5.75 Å². The van der Waals surface area contributed by atoms with E-state index < -0.39 is 11.8 Å². The zero-order valence-electron chi connectivity index (χ0n) is 14.9. The van der Waals surface area contributed by atoms with Crippen molar-refractivity contribution in [2.45, 2.75) is 0 Å². The van der Waals surface area contributed by atoms with E-state index in [1.807, 2.05) is 0 Å². The van der Waals surface area contributed by atoms with Gasteiger partial charge in [-0.1, -0.05) is 6.07 Å². The number of anilines is 2. The largest absolute Gasteiger partial charge is 0.497 e. The Morgan fingerprint density at radius 1 is 1.00 bits per heavy atom. The predicted octanol–water partition coefficient (Wildman–Crippen LogP) is 3.14. The van der Waals surface area contributed by atoms with E-state index >= 15 is 0 Å². The maximum atomic E-state index is 12.5. The summed E-state index contributed by atoms with van der Waals surface area (Å²) < 4.78 is 5.14. The minimum absolute atomic E-state index is 0.132. The number of methoxy groups -OCH3 is 1. The second-order valence-electron chi connectivity index (χ2n) is 6.08. The van der Waals surface area contributed by atoms with Crippen LogP contribution < -0.4 is 15.0 Å². The highest BCUT2D eigenvalue weighted by Crippen LogP contribution is 2.27. The van der Waals surface area contributed by atoms with Crippen molar-refractivity contribution in [1.29, 1.82) is 0 Å². The van der Waals surface area contributed by atoms with Crippen LogP contribution in [0.1, 0.15) is 31.2 Å². The van der Waals surface area contributed by atoms with E-state index in [1.54, 1.807) is 67.8 Å². The summed E-state index contributed by atoms with van der Waals surface area (Å²) in [6.45, 7) is 0. The molecule has 28 heavy (non-hydrogen) atoms. The molecule has 1 aromatic heterocycles. The number of hydrogen-bond acceptors (Lipinski definition) is 5. The van der Waals surface area contributed by atoms with E-state index in [4.69, 9.17) is 4.74 Å². The van der Waals surface area contributed by atoms with Gasteiger partial charge in [0.25, 0.3) is 17.7 Å². The normalized spacial score (nSPS) is 12.7. The number of ether oxygens (including phenoxy) is 1. The number of carbonyl (C=O) groups excluding carboxylic acids is 3. The highest BCUT2D eigenvalue weighted by atomic mass is 16.5. The molecular formula is C21H15N3O4. The van der Waals surface area contributed by atoms with Gasteiger partial charge in [0.2, 0.25) is 0 Å². The molecule has 4 rings (SSSR count). The first-order valence-corrected chi connectivity index (χ1v) is 8.48. The fourth-order valence-electron chi connectivity index (χ4n) is 2.97. The van der Waals surface area contributed by atoms with Gasteiger partial charge in [0.1, 0.15) is 11.4 Å². The molecule has 0 radical (unpaired) electrons. The van der Waals surface area contributed by atoms with Gasteiger partial charge >= 0.3 is 0 Å². The summed E-state index contributed by atoms with van der Waals surface area (Å²) in [5, 5.41) is 2.78. The lowest BCUT2D eigenvalue weighted by Gasteiger charge is -2.14. The van der Waals surface area contributed by atoms with Crippen LogP contribution in [0.3, 0.4) is 0 Å². The van der Waals surface area contributed by atoms with Crippen LogP contribution in [-0.4, -0.2) is 29.8 Å². The summed E-state index contributed by atoms with van der Waals surface area (Å²) in [4.78, 5) is 42.5. The van der Waals surface area contributed by atoms with Crippen LogP contribution in [0.5, 0.6) is 5.75 Å². The predicted molar refractivity (Wildman–Crippen MR) is 103 cm³/mol. The van der Waals surface area contributed by atoms with Crippen molar-refractivity contribution < 1.29 is 19.1 Å². The lowest BCUT2D eigenvalue weighted by Crippen LogP contribution is -2.29. The third-order valence-corrected chi connectivity index (χ3v) is 4.36. The van der Waals surface area contributed by atoms with Crippen LogP contribution in [0.15, 0.2) is 66.9 Å². The number of nitrogens with zero attached hydrogens (tertiary/aromatic N) is 2. The van der Waals surface area contributed by atoms with Gasteiger partial charge in [-0.05, 0) is 48.5 Å². The molecule has 0 spiro atoms. The van der Waals surface area contributed by atoms with Crippen molar-refractivity contribution >= 4 is 29.1 Å². The maximum absolute atomic E-state index is 12.5. The summed E-state index contributed by atoms with van der Waals surface area (Å²) in [5.41, 5.74) is 1.77. The zero-order chi connectivity index (χ0) is 19.7. The number of aromatic nitrogens is 1. The molecule has 0 saturated heterocycles. The third-order valence-electron chi connectivity index (χ3n) is 4.36. The Labute approximate surface area is 160 Å². The summed E-state index contributed by atoms with van der Waals surface area (Å²) in [5.74, 6) is -0.591. The van der Waals surface area contributed by atoms with Crippen LogP contribution in [0.4, 0.5) is 11.4 Å². The lowest BCUT2D eigenvalue weighted by molar-refractivity contribution is 0.0924. The Bertz CT molecular complexity index is 1060. The Kier molecular flexibility index (Phi) is 4.33. The summed E-state index contributed by atoms with van der Waals surface area (Å²) >= 11 is 0. The molecule has 1 aliphatic heterocycles. The van der Waals surface area contributed by atoms with Gasteiger partial charge in [0.15, 0.2) is 0 Å². The molecule has 0 aliphatic carbocycles. The van der Waals surface area contributed by atoms with E-state index in [0.29, 0.717) is 22.7 Å². The number of amides is 3. The number of hydrogen-bond donors (Lipinski definition) is 1. The first kappa shape index (κ1) is 17.4. The lowest BCUT2D eigenvalue weighted by atomic mass is 10.1. The number of carbonyl (C=O) groups is 3. The highest BCUT2D eigenvalue weighted by molar-refractivity contribution is 6.33. The smallest absolute Gasteiger partial charge is 0.284 e. The molecule has 2 aromatic carbocycles. The minimum atomic E-state index is -0.478. The fraction of sp³-hybridized carbons (Fsp3) is 0.0476. The van der Waals surface area contributed by atoms with Crippen molar-refractivity contribution in [2.75, 3.05) is 17.3 Å². The molecule has 0 unspecified atom stereocenters. The molecule has 7 heteroatoms. The van der Waals surface area contributed by atoms with Gasteiger partial charge in [-0.3, -0.25) is 19.4 Å². The minimum Gasteiger partial charge on any atom is -0.497 e. The molecule has 0 fully saturated rings. The van der Waals surface area contributed by atoms with E-state index in [0.717, 1.165) is 4.90 Å². The van der Waals surface area contributed by atoms with Crippen LogP contribution in [-0.2, 0) is 0 Å². The van der Waals surface area contributed by atoms with Crippen LogP contribution in [0, 0.1) is 0 Å². The van der Waals surface area contributed by atoms with E-state index in [2.05, 4.69) is 10.3 Å². The van der Waals surface area contributed by atoms with Crippen molar-refractivity contribution in [1.82, 2.24) is 4.98 Å². The first-order chi connectivity index (χ1) is 13.6. The van der Waals surface area contributed by atoms with Crippen LogP contribution >= 0.6 is 0 Å². The molecule has 2 heterocycles. The summed E-state index contributed by atoms with van der Waals surface area (Å²) in [6.07, 6.45) is 1.47. The Morgan fingerprint density at radius 2 is 1.79 bits per heavy atom. The Hall–Kier alpha value is -4.00. The number of rotatable bonds is 4. The van der Waals surface area contributed by atoms with Gasteiger partial charge in [-0.15, -0.1) is 0 Å². The van der Waals surface area contributed by atoms with Crippen LogP contribution in [0.25, 0.3) is 0 Å². The molecule has 3 amide bonds. The number of nitrogens with one attached hydrogen (secondary N) is 1.